The third kappa shape index (κ3) is 11.8. The molecule has 35 heavy (non-hydrogen) atoms. The van der Waals surface area contributed by atoms with Gasteiger partial charge in [0, 0.05) is 19.6 Å². The Labute approximate surface area is 211 Å². The number of hydrogen-bond acceptors (Lipinski definition) is 5. The van der Waals surface area contributed by atoms with E-state index in [1.54, 1.807) is 11.8 Å². The number of unbranched alkanes of at least 4 members (excludes halogenated alkanes) is 1. The van der Waals surface area contributed by atoms with Gasteiger partial charge in [0.15, 0.2) is 6.10 Å². The number of aliphatic carboxylic acids is 1. The summed E-state index contributed by atoms with van der Waals surface area (Å²) < 4.78 is 16.6. The highest BCUT2D eigenvalue weighted by atomic mass is 16.6. The summed E-state index contributed by atoms with van der Waals surface area (Å²) in [6.07, 6.45) is 9.37. The molecule has 0 spiro atoms. The minimum atomic E-state index is -0.963. The smallest absolute Gasteiger partial charge is 0.409 e. The van der Waals surface area contributed by atoms with Crippen LogP contribution in [0.25, 0.3) is 0 Å². The van der Waals surface area contributed by atoms with Crippen LogP contribution in [0.1, 0.15) is 77.7 Å². The summed E-state index contributed by atoms with van der Waals surface area (Å²) in [6.45, 7) is 8.13. The molecule has 0 bridgehead atoms. The predicted octanol–water partition coefficient (Wildman–Crippen LogP) is 5.94. The van der Waals surface area contributed by atoms with Gasteiger partial charge in [0.25, 0.3) is 0 Å². The molecule has 1 saturated carbocycles. The van der Waals surface area contributed by atoms with E-state index in [0.717, 1.165) is 24.3 Å². The molecule has 0 radical (unpaired) electrons. The Kier molecular flexibility index (Phi) is 13.6. The third-order valence-corrected chi connectivity index (χ3v) is 6.43. The molecule has 7 nitrogen and oxygen atoms in total. The fourth-order valence-corrected chi connectivity index (χ4v) is 4.46. The van der Waals surface area contributed by atoms with Gasteiger partial charge in [0.05, 0.1) is 13.2 Å². The van der Waals surface area contributed by atoms with Gasteiger partial charge in [0.2, 0.25) is 0 Å². The number of carbonyl (C=O) groups is 2. The molecule has 0 heterocycles. The Morgan fingerprint density at radius 1 is 1.06 bits per heavy atom. The Morgan fingerprint density at radius 3 is 2.40 bits per heavy atom. The maximum absolute atomic E-state index is 12.6. The SMILES string of the molecule is CCOC(Cc1ccc(OCCN(CCCCC2CCCCC2)C(=O)OCC(C)C)cc1)C(=O)O. The van der Waals surface area contributed by atoms with Crippen LogP contribution in [0.5, 0.6) is 5.75 Å². The molecule has 1 aliphatic rings. The molecule has 0 aromatic heterocycles. The number of carboxylic acids is 1. The second kappa shape index (κ2) is 16.4. The summed E-state index contributed by atoms with van der Waals surface area (Å²) in [6, 6.07) is 7.35. The van der Waals surface area contributed by atoms with Gasteiger partial charge in [-0.2, -0.15) is 0 Å². The van der Waals surface area contributed by atoms with Crippen molar-refractivity contribution in [1.82, 2.24) is 4.90 Å². The van der Waals surface area contributed by atoms with Crippen molar-refractivity contribution in [2.45, 2.75) is 84.7 Å². The molecule has 2 rings (SSSR count). The number of hydrogen-bond donors (Lipinski definition) is 1. The second-order valence-corrected chi connectivity index (χ2v) is 9.94. The molecule has 7 heteroatoms. The maximum Gasteiger partial charge on any atom is 0.409 e. The number of carbonyl (C=O) groups excluding carboxylic acids is 1. The number of carboxylic acid groups (broad SMARTS) is 1. The molecule has 1 unspecified atom stereocenters. The number of benzene rings is 1. The Hall–Kier alpha value is -2.28. The monoisotopic (exact) mass is 491 g/mol. The largest absolute Gasteiger partial charge is 0.492 e. The van der Waals surface area contributed by atoms with Gasteiger partial charge in [-0.1, -0.05) is 70.9 Å². The van der Waals surface area contributed by atoms with Gasteiger partial charge in [-0.25, -0.2) is 9.59 Å². The van der Waals surface area contributed by atoms with E-state index in [1.165, 1.54) is 38.5 Å². The van der Waals surface area contributed by atoms with Crippen molar-refractivity contribution in [3.05, 3.63) is 29.8 Å². The van der Waals surface area contributed by atoms with Crippen LogP contribution >= 0.6 is 0 Å². The van der Waals surface area contributed by atoms with E-state index in [2.05, 4.69) is 0 Å². The highest BCUT2D eigenvalue weighted by Crippen LogP contribution is 2.27. The first-order chi connectivity index (χ1) is 16.9. The molecule has 1 aliphatic carbocycles. The van der Waals surface area contributed by atoms with Gasteiger partial charge >= 0.3 is 12.1 Å². The molecule has 1 aromatic carbocycles. The van der Waals surface area contributed by atoms with E-state index in [4.69, 9.17) is 14.2 Å². The summed E-state index contributed by atoms with van der Waals surface area (Å²) in [5, 5.41) is 9.25. The lowest BCUT2D eigenvalue weighted by Gasteiger charge is -2.24. The highest BCUT2D eigenvalue weighted by molar-refractivity contribution is 5.72. The second-order valence-electron chi connectivity index (χ2n) is 9.94. The Bertz CT molecular complexity index is 729. The van der Waals surface area contributed by atoms with Crippen LogP contribution in [-0.4, -0.2) is 61.1 Å². The van der Waals surface area contributed by atoms with Gasteiger partial charge in [0.1, 0.15) is 12.4 Å². The lowest BCUT2D eigenvalue weighted by molar-refractivity contribution is -0.149. The molecule has 1 fully saturated rings. The molecule has 1 atom stereocenters. The summed E-state index contributed by atoms with van der Waals surface area (Å²) in [7, 11) is 0. The molecule has 0 saturated heterocycles. The van der Waals surface area contributed by atoms with Crippen LogP contribution in [0.3, 0.4) is 0 Å². The van der Waals surface area contributed by atoms with Crippen molar-refractivity contribution in [2.24, 2.45) is 11.8 Å². The zero-order valence-electron chi connectivity index (χ0n) is 21.9. The molecule has 1 aromatic rings. The average Bonchev–Trinajstić information content (AvgIpc) is 2.85. The molecule has 1 amide bonds. The molecule has 198 valence electrons. The lowest BCUT2D eigenvalue weighted by atomic mass is 9.86. The minimum absolute atomic E-state index is 0.272. The number of nitrogens with zero attached hydrogens (tertiary/aromatic N) is 1. The predicted molar refractivity (Wildman–Crippen MR) is 137 cm³/mol. The average molecular weight is 492 g/mol. The van der Waals surface area contributed by atoms with Gasteiger partial charge in [-0.05, 0) is 42.9 Å². The first kappa shape index (κ1) is 29.0. The van der Waals surface area contributed by atoms with Crippen LogP contribution < -0.4 is 4.74 Å². The highest BCUT2D eigenvalue weighted by Gasteiger charge is 2.19. The van der Waals surface area contributed by atoms with Crippen LogP contribution in [0.15, 0.2) is 24.3 Å². The summed E-state index contributed by atoms with van der Waals surface area (Å²) >= 11 is 0. The first-order valence-electron chi connectivity index (χ1n) is 13.4. The van der Waals surface area contributed by atoms with E-state index >= 15 is 0 Å². The lowest BCUT2D eigenvalue weighted by Crippen LogP contribution is -2.36. The third-order valence-electron chi connectivity index (χ3n) is 6.43. The van der Waals surface area contributed by atoms with Gasteiger partial charge in [-0.3, -0.25) is 0 Å². The molecule has 0 aliphatic heterocycles. The van der Waals surface area contributed by atoms with E-state index in [-0.39, 0.29) is 6.09 Å². The normalized spacial score (nSPS) is 15.1. The summed E-state index contributed by atoms with van der Waals surface area (Å²) in [5.41, 5.74) is 0.870. The van der Waals surface area contributed by atoms with Crippen molar-refractivity contribution in [2.75, 3.05) is 32.9 Å². The minimum Gasteiger partial charge on any atom is -0.492 e. The van der Waals surface area contributed by atoms with E-state index in [9.17, 15) is 14.7 Å². The fraction of sp³-hybridized carbons (Fsp3) is 0.714. The topological polar surface area (TPSA) is 85.3 Å². The van der Waals surface area contributed by atoms with Crippen LogP contribution in [0.4, 0.5) is 4.79 Å². The first-order valence-corrected chi connectivity index (χ1v) is 13.4. The Morgan fingerprint density at radius 2 is 1.77 bits per heavy atom. The van der Waals surface area contributed by atoms with Crippen molar-refractivity contribution >= 4 is 12.1 Å². The molecular weight excluding hydrogens is 446 g/mol. The number of rotatable bonds is 16. The zero-order chi connectivity index (χ0) is 25.5. The van der Waals surface area contributed by atoms with Gasteiger partial charge in [-0.15, -0.1) is 0 Å². The van der Waals surface area contributed by atoms with E-state index < -0.39 is 12.1 Å². The summed E-state index contributed by atoms with van der Waals surface area (Å²) in [5.74, 6) is 0.876. The molecule has 1 N–H and O–H groups in total. The fourth-order valence-electron chi connectivity index (χ4n) is 4.46. The van der Waals surface area contributed by atoms with Crippen molar-refractivity contribution in [1.29, 1.82) is 0 Å². The maximum atomic E-state index is 12.6. The Balaban J connectivity index is 1.80. The van der Waals surface area contributed by atoms with E-state index in [1.807, 2.05) is 38.1 Å². The van der Waals surface area contributed by atoms with Gasteiger partial charge < -0.3 is 24.2 Å². The van der Waals surface area contributed by atoms with Crippen molar-refractivity contribution < 1.29 is 28.9 Å². The standard InChI is InChI=1S/C28H45NO6/c1-4-33-26(27(30)31)20-24-13-15-25(16-14-24)34-19-18-29(28(32)35-21-22(2)3)17-9-8-12-23-10-6-5-7-11-23/h13-16,22-23,26H,4-12,17-21H2,1-3H3,(H,30,31). The van der Waals surface area contributed by atoms with Crippen molar-refractivity contribution in [3.8, 4) is 5.75 Å². The van der Waals surface area contributed by atoms with E-state index in [0.29, 0.717) is 51.0 Å². The van der Waals surface area contributed by atoms with Crippen LogP contribution in [0, 0.1) is 11.8 Å². The molecular formula is C28H45NO6. The summed E-state index contributed by atoms with van der Waals surface area (Å²) in [4.78, 5) is 25.7. The number of amides is 1. The zero-order valence-corrected chi connectivity index (χ0v) is 21.9. The van der Waals surface area contributed by atoms with Crippen LogP contribution in [0.2, 0.25) is 0 Å². The quantitative estimate of drug-likeness (QED) is 0.288. The van der Waals surface area contributed by atoms with Crippen molar-refractivity contribution in [3.63, 3.8) is 0 Å². The van der Waals surface area contributed by atoms with Crippen LogP contribution in [-0.2, 0) is 20.7 Å². The number of ether oxygens (including phenoxy) is 3.